The number of hydrogen-bond acceptors (Lipinski definition) is 3. The number of terminal acetylenes is 1. The molecule has 1 heterocycles. The maximum absolute atomic E-state index is 11.8. The smallest absolute Gasteiger partial charge is 0.222 e. The molecular weight excluding hydrogens is 236 g/mol. The summed E-state index contributed by atoms with van der Waals surface area (Å²) < 4.78 is 19.0. The number of nitrogens with one attached hydrogen (secondary N) is 1. The van der Waals surface area contributed by atoms with Crippen LogP contribution in [0.4, 0.5) is 0 Å². The lowest BCUT2D eigenvalue weighted by Gasteiger charge is -2.23. The van der Waals surface area contributed by atoms with Crippen molar-refractivity contribution in [3.05, 3.63) is 0 Å². The van der Waals surface area contributed by atoms with E-state index in [0.717, 1.165) is 12.8 Å². The second-order valence-electron chi connectivity index (χ2n) is 4.54. The van der Waals surface area contributed by atoms with E-state index in [2.05, 4.69) is 5.92 Å². The number of carbonyl (C=O) groups is 1. The van der Waals surface area contributed by atoms with Gasteiger partial charge in [-0.25, -0.2) is 4.21 Å². The topological polar surface area (TPSA) is 61.2 Å². The van der Waals surface area contributed by atoms with Gasteiger partial charge in [0.1, 0.15) is 0 Å². The lowest BCUT2D eigenvalue weighted by Crippen LogP contribution is -2.37. The first-order valence-corrected chi connectivity index (χ1v) is 7.79. The lowest BCUT2D eigenvalue weighted by molar-refractivity contribution is -0.131. The van der Waals surface area contributed by atoms with Crippen LogP contribution in [0.1, 0.15) is 32.1 Å². The monoisotopic (exact) mass is 256 g/mol. The predicted octanol–water partition coefficient (Wildman–Crippen LogP) is 1.46. The van der Waals surface area contributed by atoms with Crippen molar-refractivity contribution in [2.45, 2.75) is 38.1 Å². The molecule has 0 aliphatic carbocycles. The summed E-state index contributed by atoms with van der Waals surface area (Å²) in [6.45, 7) is 0. The molecule has 0 spiro atoms. The van der Waals surface area contributed by atoms with Crippen LogP contribution >= 0.6 is 0 Å². The molecule has 4 nitrogen and oxygen atoms in total. The quantitative estimate of drug-likeness (QED) is 0.598. The van der Waals surface area contributed by atoms with Gasteiger partial charge in [0, 0.05) is 41.4 Å². The van der Waals surface area contributed by atoms with Gasteiger partial charge in [0.05, 0.1) is 5.75 Å². The number of nitrogens with zero attached hydrogens (tertiary/aromatic N) is 1. The second-order valence-corrected chi connectivity index (χ2v) is 6.91. The number of hydrogen-bond donors (Lipinski definition) is 1. The molecule has 0 radical (unpaired) electrons. The Bertz CT molecular complexity index is 409. The molecule has 96 valence electrons. The number of unbranched alkanes of at least 4 members (excludes halogenated alkanes) is 2. The SMILES string of the molecule is C#CCCCCC(=O)N(C)C1CCS(=N)(=O)C1. The Morgan fingerprint density at radius 2 is 2.29 bits per heavy atom. The predicted molar refractivity (Wildman–Crippen MR) is 69.1 cm³/mol. The summed E-state index contributed by atoms with van der Waals surface area (Å²) in [6.07, 6.45) is 8.70. The van der Waals surface area contributed by atoms with E-state index in [0.29, 0.717) is 30.8 Å². The van der Waals surface area contributed by atoms with E-state index in [1.54, 1.807) is 11.9 Å². The molecule has 1 rings (SSSR count). The van der Waals surface area contributed by atoms with Crippen molar-refractivity contribution in [2.75, 3.05) is 18.6 Å². The largest absolute Gasteiger partial charge is 0.342 e. The maximum Gasteiger partial charge on any atom is 0.222 e. The molecule has 5 heteroatoms. The fourth-order valence-corrected chi connectivity index (χ4v) is 3.82. The zero-order valence-corrected chi connectivity index (χ0v) is 11.1. The van der Waals surface area contributed by atoms with Crippen molar-refractivity contribution in [2.24, 2.45) is 0 Å². The molecule has 0 aromatic carbocycles. The Morgan fingerprint density at radius 3 is 2.82 bits per heavy atom. The molecule has 2 atom stereocenters. The minimum absolute atomic E-state index is 0.0138. The molecular formula is C12H20N2O2S. The van der Waals surface area contributed by atoms with E-state index in [4.69, 9.17) is 11.2 Å². The number of amides is 1. The first kappa shape index (κ1) is 14.0. The van der Waals surface area contributed by atoms with Gasteiger partial charge < -0.3 is 4.90 Å². The molecule has 0 aromatic rings. The molecule has 0 saturated carbocycles. The zero-order chi connectivity index (χ0) is 12.9. The fourth-order valence-electron chi connectivity index (χ4n) is 1.99. The minimum atomic E-state index is -2.42. The Balaban J connectivity index is 2.35. The summed E-state index contributed by atoms with van der Waals surface area (Å²) in [7, 11) is -0.678. The molecule has 1 fully saturated rings. The Hall–Kier alpha value is -1.02. The summed E-state index contributed by atoms with van der Waals surface area (Å²) in [5.74, 6) is 3.38. The van der Waals surface area contributed by atoms with Gasteiger partial charge in [0.15, 0.2) is 0 Å². The molecule has 2 unspecified atom stereocenters. The first-order chi connectivity index (χ1) is 7.96. The van der Waals surface area contributed by atoms with Crippen LogP contribution in [-0.2, 0) is 14.5 Å². The van der Waals surface area contributed by atoms with Gasteiger partial charge in [0.2, 0.25) is 5.91 Å². The van der Waals surface area contributed by atoms with Crippen LogP contribution in [0.3, 0.4) is 0 Å². The van der Waals surface area contributed by atoms with Gasteiger partial charge in [0.25, 0.3) is 0 Å². The third-order valence-electron chi connectivity index (χ3n) is 3.15. The minimum Gasteiger partial charge on any atom is -0.342 e. The van der Waals surface area contributed by atoms with E-state index in [-0.39, 0.29) is 11.9 Å². The third-order valence-corrected chi connectivity index (χ3v) is 4.96. The molecule has 1 aliphatic rings. The van der Waals surface area contributed by atoms with Crippen molar-refractivity contribution < 1.29 is 9.00 Å². The average molecular weight is 256 g/mol. The van der Waals surface area contributed by atoms with E-state index >= 15 is 0 Å². The van der Waals surface area contributed by atoms with Gasteiger partial charge in [-0.3, -0.25) is 9.57 Å². The molecule has 0 aromatic heterocycles. The Labute approximate surface area is 104 Å². The van der Waals surface area contributed by atoms with Crippen molar-refractivity contribution in [1.82, 2.24) is 4.90 Å². The van der Waals surface area contributed by atoms with Crippen molar-refractivity contribution in [3.8, 4) is 12.3 Å². The summed E-state index contributed by atoms with van der Waals surface area (Å²) >= 11 is 0. The fraction of sp³-hybridized carbons (Fsp3) is 0.750. The van der Waals surface area contributed by atoms with Crippen LogP contribution in [0.15, 0.2) is 0 Å². The Kier molecular flexibility index (Phi) is 5.01. The van der Waals surface area contributed by atoms with E-state index in [1.165, 1.54) is 0 Å². The van der Waals surface area contributed by atoms with Crippen molar-refractivity contribution in [1.29, 1.82) is 4.78 Å². The summed E-state index contributed by atoms with van der Waals surface area (Å²) in [6, 6.07) is -0.0138. The van der Waals surface area contributed by atoms with Gasteiger partial charge >= 0.3 is 0 Å². The normalized spacial score (nSPS) is 27.6. The number of carbonyl (C=O) groups excluding carboxylic acids is 1. The van der Waals surface area contributed by atoms with Crippen LogP contribution in [-0.4, -0.2) is 39.6 Å². The van der Waals surface area contributed by atoms with Crippen LogP contribution in [0.25, 0.3) is 0 Å². The third kappa shape index (κ3) is 4.39. The van der Waals surface area contributed by atoms with Gasteiger partial charge in [-0.15, -0.1) is 12.3 Å². The highest BCUT2D eigenvalue weighted by atomic mass is 32.2. The molecule has 1 aliphatic heterocycles. The highest BCUT2D eigenvalue weighted by Crippen LogP contribution is 2.18. The standard InChI is InChI=1S/C12H20N2O2S/c1-3-4-5-6-7-12(15)14(2)11-8-9-17(13,16)10-11/h1,11,13H,4-10H2,2H3. The van der Waals surface area contributed by atoms with E-state index in [1.807, 2.05) is 0 Å². The number of rotatable bonds is 5. The molecule has 1 N–H and O–H groups in total. The van der Waals surface area contributed by atoms with Crippen molar-refractivity contribution >= 4 is 15.6 Å². The van der Waals surface area contributed by atoms with Crippen LogP contribution in [0, 0.1) is 17.1 Å². The van der Waals surface area contributed by atoms with Crippen LogP contribution in [0.5, 0.6) is 0 Å². The second kappa shape index (κ2) is 6.06. The van der Waals surface area contributed by atoms with E-state index in [9.17, 15) is 9.00 Å². The highest BCUT2D eigenvalue weighted by Gasteiger charge is 2.30. The first-order valence-electron chi connectivity index (χ1n) is 5.89. The molecule has 17 heavy (non-hydrogen) atoms. The molecule has 1 saturated heterocycles. The van der Waals surface area contributed by atoms with Gasteiger partial charge in [-0.1, -0.05) is 0 Å². The Morgan fingerprint density at radius 1 is 1.59 bits per heavy atom. The van der Waals surface area contributed by atoms with E-state index < -0.39 is 9.73 Å². The highest BCUT2D eigenvalue weighted by molar-refractivity contribution is 7.92. The summed E-state index contributed by atoms with van der Waals surface area (Å²) in [5, 5.41) is 0. The summed E-state index contributed by atoms with van der Waals surface area (Å²) in [5.41, 5.74) is 0. The van der Waals surface area contributed by atoms with Gasteiger partial charge in [-0.05, 0) is 19.3 Å². The van der Waals surface area contributed by atoms with Gasteiger partial charge in [-0.2, -0.15) is 0 Å². The zero-order valence-electron chi connectivity index (χ0n) is 10.3. The van der Waals surface area contributed by atoms with Crippen molar-refractivity contribution in [3.63, 3.8) is 0 Å². The average Bonchev–Trinajstić information content (AvgIpc) is 2.64. The summed E-state index contributed by atoms with van der Waals surface area (Å²) in [4.78, 5) is 13.5. The maximum atomic E-state index is 11.8. The van der Waals surface area contributed by atoms with Crippen LogP contribution in [0.2, 0.25) is 0 Å². The lowest BCUT2D eigenvalue weighted by atomic mass is 10.1. The molecule has 1 amide bonds. The van der Waals surface area contributed by atoms with Crippen LogP contribution < -0.4 is 0 Å². The molecule has 0 bridgehead atoms.